The highest BCUT2D eigenvalue weighted by Crippen LogP contribution is 2.41. The van der Waals surface area contributed by atoms with E-state index in [9.17, 15) is 14.3 Å². The number of hydrogen-bond donors (Lipinski definition) is 1. The predicted molar refractivity (Wildman–Crippen MR) is 160 cm³/mol. The summed E-state index contributed by atoms with van der Waals surface area (Å²) in [5, 5.41) is 10.2. The first-order chi connectivity index (χ1) is 19.7. The highest BCUT2D eigenvalue weighted by Gasteiger charge is 2.28. The third-order valence-electron chi connectivity index (χ3n) is 8.06. The van der Waals surface area contributed by atoms with Crippen LogP contribution in [0.4, 0.5) is 9.18 Å². The molecule has 0 saturated carbocycles. The zero-order valence-electron chi connectivity index (χ0n) is 24.6. The standard InChI is InChI=1S/C34H43FN2O4/c1-34(2,3)41-33(39)37-20-14-24(15-21-37)30-7-4-6-26-22-27(38)10-13-31(26)32(30)25-8-11-28(12-9-25)40-29-16-19-36(23-29)18-5-17-35/h8-14,22,29,38H,4-7,15-21,23H2,1-3H3. The van der Waals surface area contributed by atoms with Gasteiger partial charge in [0.15, 0.2) is 0 Å². The van der Waals surface area contributed by atoms with E-state index in [1.54, 1.807) is 11.0 Å². The molecule has 3 aliphatic rings. The molecule has 1 aliphatic carbocycles. The Hall–Kier alpha value is -3.32. The maximum atomic E-state index is 12.7. The lowest BCUT2D eigenvalue weighted by Crippen LogP contribution is -2.39. The number of rotatable bonds is 7. The van der Waals surface area contributed by atoms with E-state index in [-0.39, 0.29) is 24.6 Å². The van der Waals surface area contributed by atoms with Gasteiger partial charge in [0.05, 0.1) is 6.67 Å². The van der Waals surface area contributed by atoms with Crippen molar-refractivity contribution in [2.24, 2.45) is 0 Å². The number of aryl methyl sites for hydroxylation is 1. The van der Waals surface area contributed by atoms with Gasteiger partial charge in [-0.25, -0.2) is 4.79 Å². The molecule has 1 atom stereocenters. The number of ether oxygens (including phenoxy) is 2. The molecule has 1 saturated heterocycles. The van der Waals surface area contributed by atoms with E-state index >= 15 is 0 Å². The maximum absolute atomic E-state index is 12.7. The van der Waals surface area contributed by atoms with Gasteiger partial charge in [-0.1, -0.05) is 24.3 Å². The molecule has 2 aliphatic heterocycles. The highest BCUT2D eigenvalue weighted by molar-refractivity contribution is 5.87. The molecule has 220 valence electrons. The predicted octanol–water partition coefficient (Wildman–Crippen LogP) is 6.91. The SMILES string of the molecule is CC(C)(C)OC(=O)N1CC=C(C2=C(c3ccc(OC4CCN(CCCF)C4)cc3)c3ccc(O)cc3CCC2)CC1. The van der Waals surface area contributed by atoms with E-state index in [1.807, 2.05) is 32.9 Å². The Labute approximate surface area is 243 Å². The van der Waals surface area contributed by atoms with Crippen LogP contribution < -0.4 is 4.74 Å². The van der Waals surface area contributed by atoms with Gasteiger partial charge in [0.1, 0.15) is 23.2 Å². The molecule has 2 heterocycles. The van der Waals surface area contributed by atoms with Gasteiger partial charge in [-0.3, -0.25) is 9.29 Å². The van der Waals surface area contributed by atoms with Crippen molar-refractivity contribution >= 4 is 11.7 Å². The molecule has 41 heavy (non-hydrogen) atoms. The van der Waals surface area contributed by atoms with E-state index in [4.69, 9.17) is 9.47 Å². The van der Waals surface area contributed by atoms with Crippen LogP contribution >= 0.6 is 0 Å². The summed E-state index contributed by atoms with van der Waals surface area (Å²) in [6.45, 7) is 9.11. The lowest BCUT2D eigenvalue weighted by atomic mass is 9.86. The minimum absolute atomic E-state index is 0.122. The number of hydrogen-bond acceptors (Lipinski definition) is 5. The zero-order chi connectivity index (χ0) is 29.0. The number of alkyl halides is 1. The topological polar surface area (TPSA) is 62.2 Å². The number of likely N-dealkylation sites (tertiary alicyclic amines) is 1. The van der Waals surface area contributed by atoms with Crippen LogP contribution in [0.1, 0.15) is 69.6 Å². The van der Waals surface area contributed by atoms with Crippen molar-refractivity contribution in [3.8, 4) is 11.5 Å². The third kappa shape index (κ3) is 7.31. The van der Waals surface area contributed by atoms with Crippen molar-refractivity contribution in [2.45, 2.75) is 71.0 Å². The van der Waals surface area contributed by atoms with E-state index in [1.165, 1.54) is 16.7 Å². The Kier molecular flexibility index (Phi) is 9.03. The Balaban J connectivity index is 1.41. The van der Waals surface area contributed by atoms with Crippen molar-refractivity contribution in [2.75, 3.05) is 39.4 Å². The van der Waals surface area contributed by atoms with Crippen LogP contribution in [0.15, 0.2) is 59.7 Å². The number of carbonyl (C=O) groups is 1. The second-order valence-corrected chi connectivity index (χ2v) is 12.4. The second-order valence-electron chi connectivity index (χ2n) is 12.4. The number of fused-ring (bicyclic) bond motifs is 1. The number of allylic oxidation sites excluding steroid dienone is 1. The van der Waals surface area contributed by atoms with Crippen molar-refractivity contribution in [1.82, 2.24) is 9.80 Å². The number of amides is 1. The lowest BCUT2D eigenvalue weighted by molar-refractivity contribution is 0.0266. The molecule has 2 aromatic rings. The second kappa shape index (κ2) is 12.7. The van der Waals surface area contributed by atoms with Crippen LogP contribution in [0.3, 0.4) is 0 Å². The van der Waals surface area contributed by atoms with Crippen molar-refractivity contribution < 1.29 is 23.8 Å². The minimum Gasteiger partial charge on any atom is -0.508 e. The molecule has 6 nitrogen and oxygen atoms in total. The summed E-state index contributed by atoms with van der Waals surface area (Å²) >= 11 is 0. The Bertz CT molecular complexity index is 1290. The van der Waals surface area contributed by atoms with Crippen molar-refractivity contribution in [3.05, 3.63) is 76.4 Å². The van der Waals surface area contributed by atoms with Crippen molar-refractivity contribution in [1.29, 1.82) is 0 Å². The fraction of sp³-hybridized carbons (Fsp3) is 0.500. The van der Waals surface area contributed by atoms with Gasteiger partial charge in [0.25, 0.3) is 0 Å². The van der Waals surface area contributed by atoms with Crippen molar-refractivity contribution in [3.63, 3.8) is 0 Å². The van der Waals surface area contributed by atoms with Crippen LogP contribution in [-0.2, 0) is 11.2 Å². The zero-order valence-corrected chi connectivity index (χ0v) is 24.6. The molecule has 1 unspecified atom stereocenters. The summed E-state index contributed by atoms with van der Waals surface area (Å²) in [4.78, 5) is 16.7. The molecule has 7 heteroatoms. The summed E-state index contributed by atoms with van der Waals surface area (Å²) in [5.41, 5.74) is 6.69. The first kappa shape index (κ1) is 29.2. The van der Waals surface area contributed by atoms with Crippen LogP contribution in [0, 0.1) is 0 Å². The van der Waals surface area contributed by atoms with Crippen LogP contribution in [-0.4, -0.2) is 72.1 Å². The molecule has 0 radical (unpaired) electrons. The van der Waals surface area contributed by atoms with Crippen LogP contribution in [0.5, 0.6) is 11.5 Å². The number of carbonyl (C=O) groups excluding carboxylic acids is 1. The van der Waals surface area contributed by atoms with Gasteiger partial charge in [-0.05, 0) is 117 Å². The molecule has 1 N–H and O–H groups in total. The fourth-order valence-electron chi connectivity index (χ4n) is 6.13. The molecule has 0 aromatic heterocycles. The number of nitrogens with zero attached hydrogens (tertiary/aromatic N) is 2. The first-order valence-electron chi connectivity index (χ1n) is 15.0. The first-order valence-corrected chi connectivity index (χ1v) is 15.0. The van der Waals surface area contributed by atoms with E-state index in [0.29, 0.717) is 19.5 Å². The van der Waals surface area contributed by atoms with Gasteiger partial charge >= 0.3 is 6.09 Å². The van der Waals surface area contributed by atoms with Gasteiger partial charge in [0.2, 0.25) is 0 Å². The number of aromatic hydroxyl groups is 1. The number of phenolic OH excluding ortho intramolecular Hbond substituents is 1. The fourth-order valence-corrected chi connectivity index (χ4v) is 6.13. The molecular weight excluding hydrogens is 519 g/mol. The summed E-state index contributed by atoms with van der Waals surface area (Å²) < 4.78 is 24.5. The Morgan fingerprint density at radius 2 is 1.88 bits per heavy atom. The highest BCUT2D eigenvalue weighted by atomic mass is 19.1. The molecule has 1 amide bonds. The molecule has 5 rings (SSSR count). The van der Waals surface area contributed by atoms with E-state index in [0.717, 1.165) is 74.2 Å². The maximum Gasteiger partial charge on any atom is 0.410 e. The summed E-state index contributed by atoms with van der Waals surface area (Å²) in [6.07, 6.45) is 7.15. The molecule has 2 aromatic carbocycles. The third-order valence-corrected chi connectivity index (χ3v) is 8.06. The molecule has 0 bridgehead atoms. The minimum atomic E-state index is -0.518. The van der Waals surface area contributed by atoms with Gasteiger partial charge in [0, 0.05) is 32.7 Å². The lowest BCUT2D eigenvalue weighted by Gasteiger charge is -2.30. The largest absolute Gasteiger partial charge is 0.508 e. The van der Waals surface area contributed by atoms with Gasteiger partial charge in [-0.15, -0.1) is 0 Å². The van der Waals surface area contributed by atoms with E-state index in [2.05, 4.69) is 35.2 Å². The van der Waals surface area contributed by atoms with Crippen LogP contribution in [0.2, 0.25) is 0 Å². The molecule has 0 spiro atoms. The molecular formula is C34H43FN2O4. The van der Waals surface area contributed by atoms with E-state index < -0.39 is 5.60 Å². The Morgan fingerprint density at radius 1 is 1.07 bits per heavy atom. The number of halogens is 1. The monoisotopic (exact) mass is 562 g/mol. The molecule has 1 fully saturated rings. The summed E-state index contributed by atoms with van der Waals surface area (Å²) in [6, 6.07) is 14.1. The average Bonchev–Trinajstić information content (AvgIpc) is 3.30. The Morgan fingerprint density at radius 3 is 2.59 bits per heavy atom. The van der Waals surface area contributed by atoms with Gasteiger partial charge in [-0.2, -0.15) is 0 Å². The normalized spacial score (nSPS) is 20.0. The number of phenols is 1. The van der Waals surface area contributed by atoms with Crippen LogP contribution in [0.25, 0.3) is 5.57 Å². The summed E-state index contributed by atoms with van der Waals surface area (Å²) in [7, 11) is 0. The summed E-state index contributed by atoms with van der Waals surface area (Å²) in [5.74, 6) is 1.13. The quantitative estimate of drug-likeness (QED) is 0.397. The van der Waals surface area contributed by atoms with Gasteiger partial charge < -0.3 is 19.5 Å². The number of benzene rings is 2. The average molecular weight is 563 g/mol. The smallest absolute Gasteiger partial charge is 0.410 e.